The van der Waals surface area contributed by atoms with E-state index in [1.165, 1.54) is 12.1 Å². The van der Waals surface area contributed by atoms with Gasteiger partial charge in [0.2, 0.25) is 0 Å². The van der Waals surface area contributed by atoms with Crippen molar-refractivity contribution < 1.29 is 14.3 Å². The SMILES string of the molecule is CCC(C)(Cc1ccc(F)cc1)C(=O)O. The highest BCUT2D eigenvalue weighted by molar-refractivity contribution is 5.74. The number of hydrogen-bond donors (Lipinski definition) is 1. The quantitative estimate of drug-likeness (QED) is 0.829. The van der Waals surface area contributed by atoms with E-state index in [1.807, 2.05) is 6.92 Å². The topological polar surface area (TPSA) is 37.3 Å². The monoisotopic (exact) mass is 210 g/mol. The van der Waals surface area contributed by atoms with Crippen molar-refractivity contribution in [2.24, 2.45) is 5.41 Å². The third-order valence-electron chi connectivity index (χ3n) is 2.80. The van der Waals surface area contributed by atoms with Gasteiger partial charge in [-0.3, -0.25) is 4.79 Å². The van der Waals surface area contributed by atoms with Gasteiger partial charge in [0, 0.05) is 0 Å². The molecule has 0 spiro atoms. The van der Waals surface area contributed by atoms with Crippen molar-refractivity contribution in [2.45, 2.75) is 26.7 Å². The maximum atomic E-state index is 12.6. The molecule has 0 amide bonds. The number of carboxylic acids is 1. The summed E-state index contributed by atoms with van der Waals surface area (Å²) < 4.78 is 12.6. The first kappa shape index (κ1) is 11.7. The molecule has 0 radical (unpaired) electrons. The number of halogens is 1. The van der Waals surface area contributed by atoms with E-state index in [-0.39, 0.29) is 5.82 Å². The Morgan fingerprint density at radius 1 is 1.40 bits per heavy atom. The van der Waals surface area contributed by atoms with E-state index >= 15 is 0 Å². The fourth-order valence-corrected chi connectivity index (χ4v) is 1.40. The molecule has 1 rings (SSSR count). The zero-order valence-corrected chi connectivity index (χ0v) is 8.96. The Labute approximate surface area is 88.7 Å². The van der Waals surface area contributed by atoms with Crippen LogP contribution in [0.2, 0.25) is 0 Å². The molecule has 82 valence electrons. The van der Waals surface area contributed by atoms with Crippen molar-refractivity contribution in [2.75, 3.05) is 0 Å². The number of benzene rings is 1. The average Bonchev–Trinajstić information content (AvgIpc) is 2.21. The molecule has 1 aromatic carbocycles. The fraction of sp³-hybridized carbons (Fsp3) is 0.417. The van der Waals surface area contributed by atoms with Gasteiger partial charge in [-0.2, -0.15) is 0 Å². The van der Waals surface area contributed by atoms with E-state index in [0.717, 1.165) is 5.56 Å². The molecule has 0 aliphatic heterocycles. The third-order valence-corrected chi connectivity index (χ3v) is 2.80. The molecule has 0 aliphatic rings. The summed E-state index contributed by atoms with van der Waals surface area (Å²) in [7, 11) is 0. The molecule has 0 heterocycles. The van der Waals surface area contributed by atoms with Crippen LogP contribution in [0.4, 0.5) is 4.39 Å². The summed E-state index contributed by atoms with van der Waals surface area (Å²) in [6.45, 7) is 3.55. The van der Waals surface area contributed by atoms with Crippen LogP contribution in [0.3, 0.4) is 0 Å². The predicted molar refractivity (Wildman–Crippen MR) is 56.1 cm³/mol. The van der Waals surface area contributed by atoms with Gasteiger partial charge in [0.1, 0.15) is 5.82 Å². The lowest BCUT2D eigenvalue weighted by Gasteiger charge is -2.22. The van der Waals surface area contributed by atoms with E-state index in [1.54, 1.807) is 19.1 Å². The number of aliphatic carboxylic acids is 1. The molecular formula is C12H15FO2. The van der Waals surface area contributed by atoms with Crippen molar-refractivity contribution in [1.82, 2.24) is 0 Å². The van der Waals surface area contributed by atoms with E-state index in [0.29, 0.717) is 12.8 Å². The molecule has 1 atom stereocenters. The minimum atomic E-state index is -0.811. The first-order valence-electron chi connectivity index (χ1n) is 4.96. The van der Waals surface area contributed by atoms with Gasteiger partial charge < -0.3 is 5.11 Å². The number of rotatable bonds is 4. The van der Waals surface area contributed by atoms with Crippen LogP contribution >= 0.6 is 0 Å². The van der Waals surface area contributed by atoms with Crippen LogP contribution in [0.1, 0.15) is 25.8 Å². The molecular weight excluding hydrogens is 195 g/mol. The van der Waals surface area contributed by atoms with Crippen LogP contribution < -0.4 is 0 Å². The van der Waals surface area contributed by atoms with E-state index in [2.05, 4.69) is 0 Å². The number of carboxylic acid groups (broad SMARTS) is 1. The smallest absolute Gasteiger partial charge is 0.309 e. The van der Waals surface area contributed by atoms with Crippen molar-refractivity contribution in [3.63, 3.8) is 0 Å². The molecule has 1 aromatic rings. The molecule has 1 unspecified atom stereocenters. The van der Waals surface area contributed by atoms with E-state index in [9.17, 15) is 9.18 Å². The maximum Gasteiger partial charge on any atom is 0.309 e. The summed E-state index contributed by atoms with van der Waals surface area (Å²) in [4.78, 5) is 11.0. The molecule has 0 saturated carbocycles. The second kappa shape index (κ2) is 4.43. The van der Waals surface area contributed by atoms with E-state index < -0.39 is 11.4 Å². The van der Waals surface area contributed by atoms with E-state index in [4.69, 9.17) is 5.11 Å². The Hall–Kier alpha value is -1.38. The van der Waals surface area contributed by atoms with Crippen molar-refractivity contribution in [3.8, 4) is 0 Å². The van der Waals surface area contributed by atoms with Crippen molar-refractivity contribution in [1.29, 1.82) is 0 Å². The van der Waals surface area contributed by atoms with Crippen molar-refractivity contribution in [3.05, 3.63) is 35.6 Å². The zero-order valence-electron chi connectivity index (χ0n) is 8.96. The summed E-state index contributed by atoms with van der Waals surface area (Å²) in [5.74, 6) is -1.11. The van der Waals surface area contributed by atoms with Crippen LogP contribution in [0.15, 0.2) is 24.3 Å². The molecule has 15 heavy (non-hydrogen) atoms. The molecule has 1 N–H and O–H groups in total. The van der Waals surface area contributed by atoms with Gasteiger partial charge in [-0.25, -0.2) is 4.39 Å². The first-order valence-corrected chi connectivity index (χ1v) is 4.96. The van der Waals surface area contributed by atoms with Gasteiger partial charge in [-0.1, -0.05) is 19.1 Å². The summed E-state index contributed by atoms with van der Waals surface area (Å²) in [6.07, 6.45) is 0.985. The third kappa shape index (κ3) is 2.78. The lowest BCUT2D eigenvalue weighted by atomic mass is 9.81. The molecule has 0 aromatic heterocycles. The molecule has 0 fully saturated rings. The van der Waals surface area contributed by atoms with Gasteiger partial charge in [-0.05, 0) is 37.5 Å². The largest absolute Gasteiger partial charge is 0.481 e. The molecule has 0 bridgehead atoms. The zero-order chi connectivity index (χ0) is 11.5. The Kier molecular flexibility index (Phi) is 3.45. The highest BCUT2D eigenvalue weighted by Crippen LogP contribution is 2.26. The van der Waals surface area contributed by atoms with Crippen LogP contribution in [-0.2, 0) is 11.2 Å². The van der Waals surface area contributed by atoms with Crippen LogP contribution in [0.25, 0.3) is 0 Å². The molecule has 2 nitrogen and oxygen atoms in total. The van der Waals surface area contributed by atoms with Crippen molar-refractivity contribution >= 4 is 5.97 Å². The lowest BCUT2D eigenvalue weighted by Crippen LogP contribution is -2.29. The highest BCUT2D eigenvalue weighted by Gasteiger charge is 2.30. The molecule has 0 aliphatic carbocycles. The lowest BCUT2D eigenvalue weighted by molar-refractivity contribution is -0.148. The minimum absolute atomic E-state index is 0.299. The molecule has 3 heteroatoms. The van der Waals surface area contributed by atoms with Crippen LogP contribution in [0.5, 0.6) is 0 Å². The average molecular weight is 210 g/mol. The van der Waals surface area contributed by atoms with Gasteiger partial charge in [0.05, 0.1) is 5.41 Å². The summed E-state index contributed by atoms with van der Waals surface area (Å²) in [5, 5.41) is 9.07. The Bertz CT molecular complexity index is 345. The maximum absolute atomic E-state index is 12.6. The fourth-order valence-electron chi connectivity index (χ4n) is 1.40. The summed E-state index contributed by atoms with van der Waals surface area (Å²) >= 11 is 0. The second-order valence-electron chi connectivity index (χ2n) is 4.02. The Balaban J connectivity index is 2.84. The summed E-state index contributed by atoms with van der Waals surface area (Å²) in [5.41, 5.74) is 0.0841. The van der Waals surface area contributed by atoms with Gasteiger partial charge in [0.15, 0.2) is 0 Å². The second-order valence-corrected chi connectivity index (χ2v) is 4.02. The normalized spacial score (nSPS) is 14.6. The van der Waals surface area contributed by atoms with Gasteiger partial charge in [0.25, 0.3) is 0 Å². The standard InChI is InChI=1S/C12H15FO2/c1-3-12(2,11(14)15)8-9-4-6-10(13)7-5-9/h4-7H,3,8H2,1-2H3,(H,14,15). The highest BCUT2D eigenvalue weighted by atomic mass is 19.1. The number of carbonyl (C=O) groups is 1. The Morgan fingerprint density at radius 3 is 2.33 bits per heavy atom. The summed E-state index contributed by atoms with van der Waals surface area (Å²) in [6, 6.07) is 5.97. The Morgan fingerprint density at radius 2 is 1.93 bits per heavy atom. The van der Waals surface area contributed by atoms with Crippen LogP contribution in [0, 0.1) is 11.2 Å². The van der Waals surface area contributed by atoms with Gasteiger partial charge >= 0.3 is 5.97 Å². The van der Waals surface area contributed by atoms with Crippen LogP contribution in [-0.4, -0.2) is 11.1 Å². The number of hydrogen-bond acceptors (Lipinski definition) is 1. The predicted octanol–water partition coefficient (Wildman–Crippen LogP) is 2.87. The first-order chi connectivity index (χ1) is 6.98. The van der Waals surface area contributed by atoms with Gasteiger partial charge in [-0.15, -0.1) is 0 Å². The minimum Gasteiger partial charge on any atom is -0.481 e. The molecule has 0 saturated heterocycles.